The molecule has 1 aromatic rings. The summed E-state index contributed by atoms with van der Waals surface area (Å²) in [5.74, 6) is 1.04. The minimum absolute atomic E-state index is 0.0400. The lowest BCUT2D eigenvalue weighted by Gasteiger charge is -2.25. The molecule has 1 aliphatic rings. The third-order valence-corrected chi connectivity index (χ3v) is 4.11. The number of phenolic OH excluding ortho intramolecular Hbond substituents is 2. The average Bonchev–Trinajstić information content (AvgIpc) is 2.81. The molecule has 0 amide bonds. The van der Waals surface area contributed by atoms with Gasteiger partial charge in [-0.1, -0.05) is 18.9 Å². The van der Waals surface area contributed by atoms with Crippen molar-refractivity contribution < 1.29 is 10.2 Å². The maximum Gasteiger partial charge on any atom is 0.124 e. The van der Waals surface area contributed by atoms with Gasteiger partial charge in [0.1, 0.15) is 11.5 Å². The van der Waals surface area contributed by atoms with Crippen molar-refractivity contribution in [2.75, 3.05) is 0 Å². The topological polar surface area (TPSA) is 52.5 Å². The second-order valence-electron chi connectivity index (χ2n) is 5.43. The fourth-order valence-electron chi connectivity index (χ4n) is 3.06. The molecule has 1 unspecified atom stereocenters. The Hall–Kier alpha value is -1.22. The molecule has 2 rings (SSSR count). The molecule has 0 heterocycles. The quantitative estimate of drug-likeness (QED) is 0.767. The Bertz CT molecular complexity index is 379. The van der Waals surface area contributed by atoms with Crippen molar-refractivity contribution >= 4 is 0 Å². The van der Waals surface area contributed by atoms with Gasteiger partial charge in [-0.25, -0.2) is 0 Å². The summed E-state index contributed by atoms with van der Waals surface area (Å²) in [7, 11) is 0. The zero-order valence-electron chi connectivity index (χ0n) is 11.2. The Morgan fingerprint density at radius 3 is 2.22 bits per heavy atom. The highest BCUT2D eigenvalue weighted by molar-refractivity contribution is 5.44. The van der Waals surface area contributed by atoms with E-state index in [0.717, 1.165) is 5.92 Å². The van der Waals surface area contributed by atoms with E-state index in [1.54, 1.807) is 18.2 Å². The van der Waals surface area contributed by atoms with Crippen LogP contribution in [0.1, 0.15) is 51.1 Å². The van der Waals surface area contributed by atoms with Gasteiger partial charge in [-0.3, -0.25) is 0 Å². The van der Waals surface area contributed by atoms with E-state index in [2.05, 4.69) is 12.2 Å². The number of nitrogens with one attached hydrogen (secondary N) is 1. The summed E-state index contributed by atoms with van der Waals surface area (Å²) >= 11 is 0. The van der Waals surface area contributed by atoms with Crippen LogP contribution in [0, 0.1) is 5.92 Å². The van der Waals surface area contributed by atoms with E-state index in [9.17, 15) is 10.2 Å². The standard InChI is InChI=1S/C15H23NO2/c1-10(12-6-3-4-7-12)16-11(2)15-13(17)8-5-9-14(15)18/h5,8-12,16-18H,3-4,6-7H2,1-2H3/t10-,11?/m1/s1. The zero-order valence-corrected chi connectivity index (χ0v) is 11.2. The average molecular weight is 249 g/mol. The molecule has 1 aromatic carbocycles. The van der Waals surface area contributed by atoms with E-state index in [1.807, 2.05) is 6.92 Å². The molecule has 0 aliphatic heterocycles. The van der Waals surface area contributed by atoms with Crippen LogP contribution in [0.5, 0.6) is 11.5 Å². The highest BCUT2D eigenvalue weighted by atomic mass is 16.3. The summed E-state index contributed by atoms with van der Waals surface area (Å²) < 4.78 is 0. The number of phenols is 2. The van der Waals surface area contributed by atoms with Gasteiger partial charge in [0.05, 0.1) is 5.56 Å². The van der Waals surface area contributed by atoms with Crippen molar-refractivity contribution in [3.8, 4) is 11.5 Å². The van der Waals surface area contributed by atoms with Crippen LogP contribution in [0.3, 0.4) is 0 Å². The summed E-state index contributed by atoms with van der Waals surface area (Å²) in [6.07, 6.45) is 5.22. The Morgan fingerprint density at radius 2 is 1.67 bits per heavy atom. The molecule has 0 spiro atoms. The van der Waals surface area contributed by atoms with E-state index < -0.39 is 0 Å². The lowest BCUT2D eigenvalue weighted by Crippen LogP contribution is -2.34. The predicted molar refractivity (Wildman–Crippen MR) is 72.7 cm³/mol. The van der Waals surface area contributed by atoms with Gasteiger partial charge in [-0.2, -0.15) is 0 Å². The highest BCUT2D eigenvalue weighted by Gasteiger charge is 2.24. The van der Waals surface area contributed by atoms with E-state index >= 15 is 0 Å². The third-order valence-electron chi connectivity index (χ3n) is 4.11. The Kier molecular flexibility index (Phi) is 4.12. The summed E-state index contributed by atoms with van der Waals surface area (Å²) in [5.41, 5.74) is 0.599. The van der Waals surface area contributed by atoms with Crippen LogP contribution in [0.4, 0.5) is 0 Å². The van der Waals surface area contributed by atoms with Gasteiger partial charge in [-0.05, 0) is 44.7 Å². The molecule has 1 saturated carbocycles. The lowest BCUT2D eigenvalue weighted by molar-refractivity contribution is 0.340. The summed E-state index contributed by atoms with van der Waals surface area (Å²) in [6.45, 7) is 4.18. The molecule has 3 N–H and O–H groups in total. The number of hydrogen-bond donors (Lipinski definition) is 3. The van der Waals surface area contributed by atoms with Crippen molar-refractivity contribution in [3.05, 3.63) is 23.8 Å². The largest absolute Gasteiger partial charge is 0.507 e. The molecule has 0 saturated heterocycles. The first kappa shape index (κ1) is 13.2. The van der Waals surface area contributed by atoms with Crippen LogP contribution in [-0.4, -0.2) is 16.3 Å². The van der Waals surface area contributed by atoms with Gasteiger partial charge >= 0.3 is 0 Å². The highest BCUT2D eigenvalue weighted by Crippen LogP contribution is 2.34. The van der Waals surface area contributed by atoms with Crippen molar-refractivity contribution in [3.63, 3.8) is 0 Å². The Morgan fingerprint density at radius 1 is 1.11 bits per heavy atom. The van der Waals surface area contributed by atoms with Crippen molar-refractivity contribution in [1.29, 1.82) is 0 Å². The normalized spacial score (nSPS) is 19.9. The van der Waals surface area contributed by atoms with Crippen LogP contribution in [0.25, 0.3) is 0 Å². The van der Waals surface area contributed by atoms with Gasteiger partial charge < -0.3 is 15.5 Å². The van der Waals surface area contributed by atoms with Crippen molar-refractivity contribution in [2.24, 2.45) is 5.92 Å². The minimum Gasteiger partial charge on any atom is -0.507 e. The SMILES string of the molecule is CC(N[C@H](C)C1CCCC1)c1c(O)cccc1O. The van der Waals surface area contributed by atoms with Gasteiger partial charge in [-0.15, -0.1) is 0 Å². The Labute approximate surface area is 109 Å². The maximum atomic E-state index is 9.84. The van der Waals surface area contributed by atoms with Crippen LogP contribution >= 0.6 is 0 Å². The minimum atomic E-state index is -0.0400. The first-order valence-electron chi connectivity index (χ1n) is 6.86. The van der Waals surface area contributed by atoms with E-state index in [0.29, 0.717) is 11.6 Å². The molecule has 1 fully saturated rings. The number of rotatable bonds is 4. The van der Waals surface area contributed by atoms with Crippen molar-refractivity contribution in [1.82, 2.24) is 5.32 Å². The smallest absolute Gasteiger partial charge is 0.124 e. The molecule has 1 aliphatic carbocycles. The molecule has 0 bridgehead atoms. The summed E-state index contributed by atoms with van der Waals surface area (Å²) in [5, 5.41) is 23.2. The second-order valence-corrected chi connectivity index (χ2v) is 5.43. The predicted octanol–water partition coefficient (Wildman–Crippen LogP) is 3.33. The van der Waals surface area contributed by atoms with Gasteiger partial charge in [0.15, 0.2) is 0 Å². The van der Waals surface area contributed by atoms with Crippen LogP contribution in [0.15, 0.2) is 18.2 Å². The van der Waals surface area contributed by atoms with Crippen LogP contribution < -0.4 is 5.32 Å². The molecule has 0 aromatic heterocycles. The summed E-state index contributed by atoms with van der Waals surface area (Å²) in [6, 6.07) is 5.27. The molecular weight excluding hydrogens is 226 g/mol. The number of aromatic hydroxyl groups is 2. The second kappa shape index (κ2) is 5.61. The molecule has 3 nitrogen and oxygen atoms in total. The maximum absolute atomic E-state index is 9.84. The summed E-state index contributed by atoms with van der Waals surface area (Å²) in [4.78, 5) is 0. The molecule has 0 radical (unpaired) electrons. The van der Waals surface area contributed by atoms with Crippen LogP contribution in [-0.2, 0) is 0 Å². The van der Waals surface area contributed by atoms with E-state index in [1.165, 1.54) is 25.7 Å². The zero-order chi connectivity index (χ0) is 13.1. The fraction of sp³-hybridized carbons (Fsp3) is 0.600. The van der Waals surface area contributed by atoms with Gasteiger partial charge in [0.25, 0.3) is 0 Å². The molecular formula is C15H23NO2. The number of benzene rings is 1. The third kappa shape index (κ3) is 2.78. The first-order chi connectivity index (χ1) is 8.59. The van der Waals surface area contributed by atoms with Gasteiger partial charge in [0.2, 0.25) is 0 Å². The van der Waals surface area contributed by atoms with Crippen LogP contribution in [0.2, 0.25) is 0 Å². The molecule has 18 heavy (non-hydrogen) atoms. The number of hydrogen-bond acceptors (Lipinski definition) is 3. The lowest BCUT2D eigenvalue weighted by atomic mass is 9.97. The van der Waals surface area contributed by atoms with Crippen molar-refractivity contribution in [2.45, 2.75) is 51.6 Å². The molecule has 3 heteroatoms. The molecule has 100 valence electrons. The van der Waals surface area contributed by atoms with E-state index in [4.69, 9.17) is 0 Å². The fourth-order valence-corrected chi connectivity index (χ4v) is 3.06. The van der Waals surface area contributed by atoms with Gasteiger partial charge in [0, 0.05) is 12.1 Å². The Balaban J connectivity index is 2.04. The van der Waals surface area contributed by atoms with E-state index in [-0.39, 0.29) is 17.5 Å². The first-order valence-corrected chi connectivity index (χ1v) is 6.86. The molecule has 2 atom stereocenters. The monoisotopic (exact) mass is 249 g/mol.